The van der Waals surface area contributed by atoms with Crippen molar-refractivity contribution in [3.05, 3.63) is 45.4 Å². The SMILES string of the molecule is Cc1ccc(Cl)c2c1Nc1ccc(Br)cc1S2. The third-order valence-corrected chi connectivity index (χ3v) is 4.84. The zero-order valence-electron chi connectivity index (χ0n) is 9.05. The number of aryl methyl sites for hydroxylation is 1. The molecule has 0 amide bonds. The maximum Gasteiger partial charge on any atom is 0.0571 e. The van der Waals surface area contributed by atoms with Crippen LogP contribution in [-0.4, -0.2) is 0 Å². The summed E-state index contributed by atoms with van der Waals surface area (Å²) in [6, 6.07) is 10.2. The van der Waals surface area contributed by atoms with Crippen molar-refractivity contribution in [1.82, 2.24) is 0 Å². The van der Waals surface area contributed by atoms with Gasteiger partial charge in [-0.05, 0) is 36.8 Å². The summed E-state index contributed by atoms with van der Waals surface area (Å²) >= 11 is 11.5. The molecule has 17 heavy (non-hydrogen) atoms. The van der Waals surface area contributed by atoms with E-state index in [1.807, 2.05) is 18.2 Å². The monoisotopic (exact) mass is 325 g/mol. The minimum Gasteiger partial charge on any atom is -0.353 e. The number of anilines is 2. The topological polar surface area (TPSA) is 12.0 Å². The lowest BCUT2D eigenvalue weighted by Crippen LogP contribution is -2.02. The van der Waals surface area contributed by atoms with Gasteiger partial charge in [0.25, 0.3) is 0 Å². The molecule has 0 atom stereocenters. The number of nitrogens with one attached hydrogen (secondary N) is 1. The van der Waals surface area contributed by atoms with E-state index in [-0.39, 0.29) is 0 Å². The zero-order valence-corrected chi connectivity index (χ0v) is 12.2. The lowest BCUT2D eigenvalue weighted by atomic mass is 10.2. The van der Waals surface area contributed by atoms with E-state index in [4.69, 9.17) is 11.6 Å². The molecule has 1 N–H and O–H groups in total. The first kappa shape index (κ1) is 11.5. The third kappa shape index (κ3) is 1.96. The Morgan fingerprint density at radius 3 is 2.88 bits per heavy atom. The lowest BCUT2D eigenvalue weighted by Gasteiger charge is -2.23. The van der Waals surface area contributed by atoms with Crippen LogP contribution in [0.1, 0.15) is 5.56 Å². The van der Waals surface area contributed by atoms with Crippen LogP contribution in [0.15, 0.2) is 44.6 Å². The fourth-order valence-electron chi connectivity index (χ4n) is 1.84. The third-order valence-electron chi connectivity index (χ3n) is 2.73. The molecule has 0 radical (unpaired) electrons. The molecule has 1 nitrogen and oxygen atoms in total. The Morgan fingerprint density at radius 2 is 2.06 bits per heavy atom. The molecular formula is C13H9BrClNS. The number of hydrogen-bond donors (Lipinski definition) is 1. The molecule has 1 aliphatic heterocycles. The van der Waals surface area contributed by atoms with Crippen molar-refractivity contribution in [3.8, 4) is 0 Å². The molecule has 0 unspecified atom stereocenters. The van der Waals surface area contributed by atoms with Gasteiger partial charge < -0.3 is 5.32 Å². The Balaban J connectivity index is 2.17. The molecule has 2 aromatic carbocycles. The predicted octanol–water partition coefficient (Wildman–Crippen LogP) is 5.62. The second kappa shape index (κ2) is 4.23. The fraction of sp³-hybridized carbons (Fsp3) is 0.0769. The first-order chi connectivity index (χ1) is 8.15. The summed E-state index contributed by atoms with van der Waals surface area (Å²) in [6.45, 7) is 2.09. The lowest BCUT2D eigenvalue weighted by molar-refractivity contribution is 1.27. The van der Waals surface area contributed by atoms with Gasteiger partial charge in [-0.25, -0.2) is 0 Å². The molecule has 86 valence electrons. The summed E-state index contributed by atoms with van der Waals surface area (Å²) in [5.41, 5.74) is 3.47. The van der Waals surface area contributed by atoms with E-state index < -0.39 is 0 Å². The van der Waals surface area contributed by atoms with Gasteiger partial charge in [0.2, 0.25) is 0 Å². The molecule has 1 aliphatic rings. The molecule has 1 heterocycles. The summed E-state index contributed by atoms with van der Waals surface area (Å²) in [5.74, 6) is 0. The van der Waals surface area contributed by atoms with Crippen LogP contribution >= 0.6 is 39.3 Å². The van der Waals surface area contributed by atoms with E-state index in [0.717, 1.165) is 25.8 Å². The van der Waals surface area contributed by atoms with Gasteiger partial charge in [-0.2, -0.15) is 0 Å². The van der Waals surface area contributed by atoms with Gasteiger partial charge in [0.05, 0.1) is 21.3 Å². The Bertz CT molecular complexity index is 613. The van der Waals surface area contributed by atoms with E-state index in [0.29, 0.717) is 0 Å². The summed E-state index contributed by atoms with van der Waals surface area (Å²) in [4.78, 5) is 2.30. The molecule has 0 fully saturated rings. The number of hydrogen-bond acceptors (Lipinski definition) is 2. The highest BCUT2D eigenvalue weighted by Gasteiger charge is 2.19. The normalized spacial score (nSPS) is 12.6. The zero-order chi connectivity index (χ0) is 12.0. The van der Waals surface area contributed by atoms with Crippen LogP contribution < -0.4 is 5.32 Å². The molecule has 0 bridgehead atoms. The van der Waals surface area contributed by atoms with Crippen molar-refractivity contribution in [2.75, 3.05) is 5.32 Å². The second-order valence-electron chi connectivity index (χ2n) is 3.94. The Hall–Kier alpha value is -0.640. The van der Waals surface area contributed by atoms with Crippen molar-refractivity contribution >= 4 is 50.7 Å². The maximum atomic E-state index is 6.25. The molecule has 4 heteroatoms. The summed E-state index contributed by atoms with van der Waals surface area (Å²) in [5, 5.41) is 4.25. The molecule has 3 rings (SSSR count). The van der Waals surface area contributed by atoms with Crippen LogP contribution in [0.4, 0.5) is 11.4 Å². The Morgan fingerprint density at radius 1 is 1.24 bits per heavy atom. The highest BCUT2D eigenvalue weighted by Crippen LogP contribution is 2.48. The van der Waals surface area contributed by atoms with E-state index in [1.165, 1.54) is 10.5 Å². The molecule has 0 saturated carbocycles. The van der Waals surface area contributed by atoms with E-state index in [1.54, 1.807) is 11.8 Å². The van der Waals surface area contributed by atoms with Crippen LogP contribution in [0.5, 0.6) is 0 Å². The van der Waals surface area contributed by atoms with Crippen molar-refractivity contribution in [2.45, 2.75) is 16.7 Å². The van der Waals surface area contributed by atoms with Gasteiger partial charge in [0.15, 0.2) is 0 Å². The number of rotatable bonds is 0. The van der Waals surface area contributed by atoms with Crippen LogP contribution in [0.2, 0.25) is 5.02 Å². The summed E-state index contributed by atoms with van der Waals surface area (Å²) in [7, 11) is 0. The standard InChI is InChI=1S/C13H9BrClNS/c1-7-2-4-9(15)13-12(7)16-10-5-3-8(14)6-11(10)17-13/h2-6,16H,1H3. The van der Waals surface area contributed by atoms with Crippen molar-refractivity contribution in [1.29, 1.82) is 0 Å². The second-order valence-corrected chi connectivity index (χ2v) is 6.31. The highest BCUT2D eigenvalue weighted by atomic mass is 79.9. The van der Waals surface area contributed by atoms with Crippen LogP contribution in [0.25, 0.3) is 0 Å². The fourth-order valence-corrected chi connectivity index (χ4v) is 3.74. The van der Waals surface area contributed by atoms with Gasteiger partial charge in [0, 0.05) is 9.37 Å². The molecule has 0 aliphatic carbocycles. The van der Waals surface area contributed by atoms with Crippen LogP contribution in [0, 0.1) is 6.92 Å². The average Bonchev–Trinajstić information content (AvgIpc) is 2.32. The maximum absolute atomic E-state index is 6.25. The Kier molecular flexibility index (Phi) is 2.85. The van der Waals surface area contributed by atoms with Crippen molar-refractivity contribution in [2.24, 2.45) is 0 Å². The molecule has 2 aromatic rings. The predicted molar refractivity (Wildman–Crippen MR) is 77.7 cm³/mol. The highest BCUT2D eigenvalue weighted by molar-refractivity contribution is 9.10. The molecule has 0 spiro atoms. The van der Waals surface area contributed by atoms with Gasteiger partial charge in [-0.1, -0.05) is 45.4 Å². The number of halogens is 2. The smallest absolute Gasteiger partial charge is 0.0571 e. The molecular weight excluding hydrogens is 318 g/mol. The molecule has 0 aromatic heterocycles. The van der Waals surface area contributed by atoms with Gasteiger partial charge in [0.1, 0.15) is 0 Å². The van der Waals surface area contributed by atoms with E-state index >= 15 is 0 Å². The number of benzene rings is 2. The largest absolute Gasteiger partial charge is 0.353 e. The quantitative estimate of drug-likeness (QED) is 0.575. The van der Waals surface area contributed by atoms with Gasteiger partial charge in [-0.15, -0.1) is 0 Å². The molecule has 0 saturated heterocycles. The minimum absolute atomic E-state index is 0.800. The summed E-state index contributed by atoms with van der Waals surface area (Å²) < 4.78 is 1.08. The van der Waals surface area contributed by atoms with Crippen molar-refractivity contribution < 1.29 is 0 Å². The number of fused-ring (bicyclic) bond motifs is 2. The van der Waals surface area contributed by atoms with E-state index in [2.05, 4.69) is 40.3 Å². The van der Waals surface area contributed by atoms with E-state index in [9.17, 15) is 0 Å². The summed E-state index contributed by atoms with van der Waals surface area (Å²) in [6.07, 6.45) is 0. The minimum atomic E-state index is 0.800. The first-order valence-electron chi connectivity index (χ1n) is 5.18. The Labute approximate surface area is 118 Å². The first-order valence-corrected chi connectivity index (χ1v) is 7.17. The van der Waals surface area contributed by atoms with Gasteiger partial charge in [-0.3, -0.25) is 0 Å². The van der Waals surface area contributed by atoms with Crippen molar-refractivity contribution in [3.63, 3.8) is 0 Å². The van der Waals surface area contributed by atoms with Crippen LogP contribution in [0.3, 0.4) is 0 Å². The van der Waals surface area contributed by atoms with Crippen LogP contribution in [-0.2, 0) is 0 Å². The van der Waals surface area contributed by atoms with Gasteiger partial charge >= 0.3 is 0 Å². The average molecular weight is 327 g/mol.